The molecule has 0 spiro atoms. The second-order valence-electron chi connectivity index (χ2n) is 7.42. The molecule has 3 rings (SSSR count). The molecular formula is C19H27FN6O. The molecule has 1 aliphatic carbocycles. The Kier molecular flexibility index (Phi) is 5.74. The first kappa shape index (κ1) is 19.3. The van der Waals surface area contributed by atoms with Crippen molar-refractivity contribution < 1.29 is 9.18 Å². The van der Waals surface area contributed by atoms with Crippen molar-refractivity contribution in [3.63, 3.8) is 0 Å². The van der Waals surface area contributed by atoms with Crippen molar-refractivity contribution in [2.45, 2.75) is 64.2 Å². The molecule has 0 aromatic carbocycles. The van der Waals surface area contributed by atoms with Crippen LogP contribution < -0.4 is 21.7 Å². The summed E-state index contributed by atoms with van der Waals surface area (Å²) in [5.41, 5.74) is 7.39. The van der Waals surface area contributed by atoms with Crippen LogP contribution in [0.4, 0.5) is 10.2 Å². The fraction of sp³-hybridized carbons (Fsp3) is 0.526. The molecule has 1 fully saturated rings. The molecule has 7 nitrogen and oxygen atoms in total. The van der Waals surface area contributed by atoms with Crippen molar-refractivity contribution >= 4 is 23.5 Å². The lowest BCUT2D eigenvalue weighted by atomic mass is 9.91. The first-order valence-electron chi connectivity index (χ1n) is 9.42. The zero-order chi connectivity index (χ0) is 19.6. The second kappa shape index (κ2) is 8.04. The van der Waals surface area contributed by atoms with Gasteiger partial charge in [0.25, 0.3) is 5.91 Å². The number of rotatable bonds is 6. The van der Waals surface area contributed by atoms with E-state index in [-0.39, 0.29) is 47.5 Å². The molecule has 8 heteroatoms. The Morgan fingerprint density at radius 1 is 1.41 bits per heavy atom. The summed E-state index contributed by atoms with van der Waals surface area (Å²) >= 11 is 0. The van der Waals surface area contributed by atoms with Gasteiger partial charge in [0.15, 0.2) is 11.6 Å². The Labute approximate surface area is 158 Å². The number of nitrogens with zero attached hydrogens (tertiary/aromatic N) is 1. The van der Waals surface area contributed by atoms with Crippen LogP contribution >= 0.6 is 0 Å². The molecule has 2 atom stereocenters. The number of pyridine rings is 1. The topological polar surface area (TPSA) is 116 Å². The lowest BCUT2D eigenvalue weighted by Gasteiger charge is -2.30. The van der Waals surface area contributed by atoms with Crippen molar-refractivity contribution in [1.82, 2.24) is 15.6 Å². The maximum Gasteiger partial charge on any atom is 0.254 e. The third-order valence-electron chi connectivity index (χ3n) is 5.03. The zero-order valence-corrected chi connectivity index (χ0v) is 15.7. The minimum Gasteiger partial charge on any atom is -0.388 e. The van der Waals surface area contributed by atoms with E-state index in [4.69, 9.17) is 11.1 Å². The first-order chi connectivity index (χ1) is 12.9. The summed E-state index contributed by atoms with van der Waals surface area (Å²) in [4.78, 5) is 16.7. The van der Waals surface area contributed by atoms with Gasteiger partial charge in [-0.3, -0.25) is 4.79 Å². The smallest absolute Gasteiger partial charge is 0.254 e. The number of nitrogens with one attached hydrogen (secondary N) is 4. The van der Waals surface area contributed by atoms with E-state index in [0.29, 0.717) is 11.3 Å². The van der Waals surface area contributed by atoms with Gasteiger partial charge in [-0.1, -0.05) is 12.8 Å². The zero-order valence-electron chi connectivity index (χ0n) is 15.7. The van der Waals surface area contributed by atoms with Gasteiger partial charge in [-0.15, -0.1) is 0 Å². The minimum absolute atomic E-state index is 0.0575. The van der Waals surface area contributed by atoms with Gasteiger partial charge in [0.05, 0.1) is 11.3 Å². The molecule has 1 unspecified atom stereocenters. The summed E-state index contributed by atoms with van der Waals surface area (Å²) in [6.45, 7) is 4.04. The summed E-state index contributed by atoms with van der Waals surface area (Å²) in [5.74, 6) is -0.796. The molecule has 27 heavy (non-hydrogen) atoms. The number of allylic oxidation sites excluding steroid dienone is 1. The molecule has 0 radical (unpaired) electrons. The number of amides is 1. The molecule has 1 aliphatic heterocycles. The molecule has 0 bridgehead atoms. The highest BCUT2D eigenvalue weighted by atomic mass is 19.1. The van der Waals surface area contributed by atoms with E-state index < -0.39 is 5.82 Å². The average molecular weight is 374 g/mol. The summed E-state index contributed by atoms with van der Waals surface area (Å²) in [6.07, 6.45) is 6.62. The van der Waals surface area contributed by atoms with Crippen molar-refractivity contribution in [2.24, 2.45) is 5.73 Å². The van der Waals surface area contributed by atoms with Crippen LogP contribution in [0.25, 0.3) is 5.57 Å². The van der Waals surface area contributed by atoms with E-state index in [1.807, 2.05) is 13.8 Å². The van der Waals surface area contributed by atoms with Crippen molar-refractivity contribution in [3.05, 3.63) is 28.8 Å². The number of nitrogens with two attached hydrogens (primary N) is 1. The largest absolute Gasteiger partial charge is 0.388 e. The van der Waals surface area contributed by atoms with Crippen LogP contribution in [0.5, 0.6) is 0 Å². The SMILES string of the molecule is CC(C)N/C=C(\C=N)c1nc(N[C@@H]2CCCCC2N)c(F)c2c1C(=O)NC2. The van der Waals surface area contributed by atoms with E-state index >= 15 is 4.39 Å². The van der Waals surface area contributed by atoms with Crippen LogP contribution in [0.15, 0.2) is 6.20 Å². The number of halogens is 1. The normalized spacial score (nSPS) is 22.4. The van der Waals surface area contributed by atoms with Gasteiger partial charge in [0, 0.05) is 48.2 Å². The van der Waals surface area contributed by atoms with Crippen LogP contribution in [0, 0.1) is 11.2 Å². The highest BCUT2D eigenvalue weighted by Gasteiger charge is 2.32. The van der Waals surface area contributed by atoms with E-state index in [1.165, 1.54) is 0 Å². The van der Waals surface area contributed by atoms with Gasteiger partial charge < -0.3 is 27.1 Å². The van der Waals surface area contributed by atoms with Crippen molar-refractivity contribution in [1.29, 1.82) is 5.41 Å². The summed E-state index contributed by atoms with van der Waals surface area (Å²) < 4.78 is 15.0. The van der Waals surface area contributed by atoms with E-state index in [0.717, 1.165) is 31.9 Å². The highest BCUT2D eigenvalue weighted by molar-refractivity contribution is 6.13. The van der Waals surface area contributed by atoms with Crippen molar-refractivity contribution in [2.75, 3.05) is 5.32 Å². The molecule has 6 N–H and O–H groups in total. The summed E-state index contributed by atoms with van der Waals surface area (Å²) in [6, 6.07) is 0.0368. The molecule has 2 heterocycles. The molecule has 1 aromatic heterocycles. The number of carbonyl (C=O) groups is 1. The van der Waals surface area contributed by atoms with Crippen molar-refractivity contribution in [3.8, 4) is 0 Å². The Morgan fingerprint density at radius 2 is 2.15 bits per heavy atom. The average Bonchev–Trinajstić information content (AvgIpc) is 3.02. The molecule has 1 saturated carbocycles. The fourth-order valence-corrected chi connectivity index (χ4v) is 3.53. The third kappa shape index (κ3) is 3.95. The summed E-state index contributed by atoms with van der Waals surface area (Å²) in [7, 11) is 0. The van der Waals surface area contributed by atoms with Crippen LogP contribution in [-0.4, -0.2) is 35.2 Å². The quantitative estimate of drug-likeness (QED) is 0.489. The van der Waals surface area contributed by atoms with Gasteiger partial charge in [-0.2, -0.15) is 0 Å². The third-order valence-corrected chi connectivity index (χ3v) is 5.03. The van der Waals surface area contributed by atoms with Crippen LogP contribution in [-0.2, 0) is 6.54 Å². The highest BCUT2D eigenvalue weighted by Crippen LogP contribution is 2.31. The monoisotopic (exact) mass is 374 g/mol. The fourth-order valence-electron chi connectivity index (χ4n) is 3.53. The van der Waals surface area contributed by atoms with Crippen LogP contribution in [0.1, 0.15) is 61.1 Å². The van der Waals surface area contributed by atoms with Gasteiger partial charge in [0.1, 0.15) is 0 Å². The minimum atomic E-state index is -0.522. The maximum absolute atomic E-state index is 15.0. The lowest BCUT2D eigenvalue weighted by molar-refractivity contribution is 0.0965. The molecule has 0 saturated heterocycles. The number of anilines is 1. The molecule has 2 aliphatic rings. The van der Waals surface area contributed by atoms with Gasteiger partial charge in [-0.05, 0) is 26.7 Å². The first-order valence-corrected chi connectivity index (χ1v) is 9.42. The Morgan fingerprint density at radius 3 is 2.81 bits per heavy atom. The summed E-state index contributed by atoms with van der Waals surface area (Å²) in [5, 5.41) is 16.7. The lowest BCUT2D eigenvalue weighted by Crippen LogP contribution is -2.43. The van der Waals surface area contributed by atoms with E-state index in [2.05, 4.69) is 20.9 Å². The number of fused-ring (bicyclic) bond motifs is 1. The van der Waals surface area contributed by atoms with Gasteiger partial charge in [0.2, 0.25) is 0 Å². The number of carbonyl (C=O) groups excluding carboxylic acids is 1. The predicted octanol–water partition coefficient (Wildman–Crippen LogP) is 2.13. The molecule has 146 valence electrons. The second-order valence-corrected chi connectivity index (χ2v) is 7.42. The Hall–Kier alpha value is -2.48. The van der Waals surface area contributed by atoms with Crippen LogP contribution in [0.3, 0.4) is 0 Å². The van der Waals surface area contributed by atoms with E-state index in [1.54, 1.807) is 6.20 Å². The van der Waals surface area contributed by atoms with Gasteiger partial charge in [-0.25, -0.2) is 9.37 Å². The Balaban J connectivity index is 2.04. The van der Waals surface area contributed by atoms with Crippen LogP contribution in [0.2, 0.25) is 0 Å². The Bertz CT molecular complexity index is 776. The number of hydrogen-bond acceptors (Lipinski definition) is 6. The van der Waals surface area contributed by atoms with E-state index in [9.17, 15) is 4.79 Å². The molecular weight excluding hydrogens is 347 g/mol. The maximum atomic E-state index is 15.0. The number of hydrogen-bond donors (Lipinski definition) is 5. The molecule has 1 amide bonds. The number of aromatic nitrogens is 1. The molecule has 1 aromatic rings. The predicted molar refractivity (Wildman–Crippen MR) is 104 cm³/mol. The van der Waals surface area contributed by atoms with Gasteiger partial charge >= 0.3 is 0 Å². The standard InChI is InChI=1S/C19H27FN6O/c1-10(2)23-8-11(7-21)17-15-12(9-24-19(15)27)16(20)18(26-17)25-14-6-4-3-5-13(14)22/h7-8,10,13-14,21,23H,3-6,9,22H2,1-2H3,(H,24,27)(H,25,26)/b11-8+,21-7?/t13?,14-/m1/s1.